The van der Waals surface area contributed by atoms with E-state index < -0.39 is 5.97 Å². The summed E-state index contributed by atoms with van der Waals surface area (Å²) in [4.78, 5) is 24.5. The third-order valence-corrected chi connectivity index (χ3v) is 3.67. The van der Waals surface area contributed by atoms with Crippen molar-refractivity contribution in [1.29, 1.82) is 0 Å². The average Bonchev–Trinajstić information content (AvgIpc) is 2.40. The molecule has 1 fully saturated rings. The molecule has 1 saturated heterocycles. The lowest BCUT2D eigenvalue weighted by molar-refractivity contribution is -0.139. The second-order valence-corrected chi connectivity index (χ2v) is 5.27. The predicted octanol–water partition coefficient (Wildman–Crippen LogP) is 1.90. The van der Waals surface area contributed by atoms with Gasteiger partial charge >= 0.3 is 5.97 Å². The average molecular weight is 314 g/mol. The number of carbonyl (C=O) groups is 2. The first-order chi connectivity index (χ1) is 9.96. The van der Waals surface area contributed by atoms with Crippen LogP contribution in [0.1, 0.15) is 16.8 Å². The number of rotatable bonds is 5. The zero-order chi connectivity index (χ0) is 15.6. The molecule has 2 rings (SSSR count). The molecular formula is C14H16ClNO5. The Labute approximate surface area is 127 Å². The topological polar surface area (TPSA) is 76.1 Å². The van der Waals surface area contributed by atoms with Gasteiger partial charge in [0.05, 0.1) is 25.7 Å². The van der Waals surface area contributed by atoms with E-state index in [1.807, 2.05) is 0 Å². The number of nitrogens with zero attached hydrogens (tertiary/aromatic N) is 1. The van der Waals surface area contributed by atoms with Crippen LogP contribution in [0.5, 0.6) is 11.5 Å². The van der Waals surface area contributed by atoms with Gasteiger partial charge in [-0.25, -0.2) is 0 Å². The highest BCUT2D eigenvalue weighted by Crippen LogP contribution is 2.36. The number of carboxylic acid groups (broad SMARTS) is 1. The Hall–Kier alpha value is -1.95. The number of carboxylic acids is 1. The van der Waals surface area contributed by atoms with Crippen molar-refractivity contribution in [2.45, 2.75) is 6.42 Å². The van der Waals surface area contributed by atoms with Crippen LogP contribution in [-0.4, -0.2) is 49.2 Å². The van der Waals surface area contributed by atoms with Crippen LogP contribution in [0.3, 0.4) is 0 Å². The zero-order valence-electron chi connectivity index (χ0n) is 11.8. The first-order valence-electron chi connectivity index (χ1n) is 6.38. The van der Waals surface area contributed by atoms with E-state index in [4.69, 9.17) is 26.2 Å². The number of aliphatic carboxylic acids is 1. The number of halogens is 1. The molecule has 1 aromatic rings. The van der Waals surface area contributed by atoms with Crippen LogP contribution >= 0.6 is 11.6 Å². The molecule has 1 aliphatic heterocycles. The molecular weight excluding hydrogens is 298 g/mol. The fourth-order valence-corrected chi connectivity index (χ4v) is 2.62. The molecule has 1 heterocycles. The number of ether oxygens (including phenoxy) is 2. The molecule has 0 unspecified atom stereocenters. The summed E-state index contributed by atoms with van der Waals surface area (Å²) in [5.74, 6) is -0.262. The van der Waals surface area contributed by atoms with Crippen molar-refractivity contribution in [2.75, 3.05) is 27.3 Å². The van der Waals surface area contributed by atoms with Gasteiger partial charge in [0, 0.05) is 24.6 Å². The van der Waals surface area contributed by atoms with Crippen molar-refractivity contribution >= 4 is 23.5 Å². The fraction of sp³-hybridized carbons (Fsp3) is 0.429. The second-order valence-electron chi connectivity index (χ2n) is 4.87. The van der Waals surface area contributed by atoms with Crippen molar-refractivity contribution in [3.05, 3.63) is 22.7 Å². The van der Waals surface area contributed by atoms with Crippen molar-refractivity contribution < 1.29 is 24.2 Å². The van der Waals surface area contributed by atoms with Gasteiger partial charge < -0.3 is 19.5 Å². The monoisotopic (exact) mass is 313 g/mol. The van der Waals surface area contributed by atoms with E-state index in [1.165, 1.54) is 20.3 Å². The van der Waals surface area contributed by atoms with E-state index in [0.717, 1.165) is 0 Å². The minimum absolute atomic E-state index is 0.0158. The largest absolute Gasteiger partial charge is 0.493 e. The van der Waals surface area contributed by atoms with E-state index in [1.54, 1.807) is 11.0 Å². The molecule has 1 aromatic carbocycles. The molecule has 6 nitrogen and oxygen atoms in total. The lowest BCUT2D eigenvalue weighted by Crippen LogP contribution is -2.50. The molecule has 21 heavy (non-hydrogen) atoms. The highest BCUT2D eigenvalue weighted by atomic mass is 35.5. The second kappa shape index (κ2) is 6.22. The predicted molar refractivity (Wildman–Crippen MR) is 76.2 cm³/mol. The van der Waals surface area contributed by atoms with Crippen LogP contribution in [0.25, 0.3) is 0 Å². The van der Waals surface area contributed by atoms with Gasteiger partial charge in [0.2, 0.25) is 0 Å². The third kappa shape index (κ3) is 3.21. The first kappa shape index (κ1) is 15.4. The summed E-state index contributed by atoms with van der Waals surface area (Å²) in [6, 6.07) is 3.09. The SMILES string of the molecule is COc1cc(C(=O)N2CC(CC(=O)O)C2)cc(Cl)c1OC. The maximum Gasteiger partial charge on any atom is 0.303 e. The van der Waals surface area contributed by atoms with E-state index >= 15 is 0 Å². The van der Waals surface area contributed by atoms with Gasteiger partial charge in [0.1, 0.15) is 0 Å². The van der Waals surface area contributed by atoms with Gasteiger partial charge in [-0.2, -0.15) is 0 Å². The molecule has 0 atom stereocenters. The van der Waals surface area contributed by atoms with E-state index in [9.17, 15) is 9.59 Å². The normalized spacial score (nSPS) is 14.5. The number of hydrogen-bond donors (Lipinski definition) is 1. The summed E-state index contributed by atoms with van der Waals surface area (Å²) in [6.07, 6.45) is 0.0798. The Morgan fingerprint density at radius 1 is 1.33 bits per heavy atom. The molecule has 1 N–H and O–H groups in total. The molecule has 1 amide bonds. The van der Waals surface area contributed by atoms with Gasteiger partial charge in [-0.1, -0.05) is 11.6 Å². The number of carbonyl (C=O) groups excluding carboxylic acids is 1. The minimum Gasteiger partial charge on any atom is -0.493 e. The molecule has 1 aliphatic rings. The molecule has 0 spiro atoms. The number of hydrogen-bond acceptors (Lipinski definition) is 4. The Morgan fingerprint density at radius 2 is 2.00 bits per heavy atom. The van der Waals surface area contributed by atoms with Gasteiger partial charge in [0.15, 0.2) is 11.5 Å². The van der Waals surface area contributed by atoms with Crippen LogP contribution in [0.4, 0.5) is 0 Å². The Balaban J connectivity index is 2.11. The Morgan fingerprint density at radius 3 is 2.52 bits per heavy atom. The summed E-state index contributed by atoms with van der Waals surface area (Å²) < 4.78 is 10.3. The van der Waals surface area contributed by atoms with Gasteiger partial charge in [0.25, 0.3) is 5.91 Å². The first-order valence-corrected chi connectivity index (χ1v) is 6.76. The Bertz CT molecular complexity index is 569. The standard InChI is InChI=1S/C14H16ClNO5/c1-20-11-5-9(4-10(15)13(11)21-2)14(19)16-6-8(7-16)3-12(17)18/h4-5,8H,3,6-7H2,1-2H3,(H,17,18). The van der Waals surface area contributed by atoms with E-state index in [-0.39, 0.29) is 18.2 Å². The molecule has 114 valence electrons. The quantitative estimate of drug-likeness (QED) is 0.898. The lowest BCUT2D eigenvalue weighted by Gasteiger charge is -2.38. The highest BCUT2D eigenvalue weighted by Gasteiger charge is 2.33. The number of likely N-dealkylation sites (tertiary alicyclic amines) is 1. The smallest absolute Gasteiger partial charge is 0.303 e. The van der Waals surface area contributed by atoms with Crippen LogP contribution in [-0.2, 0) is 4.79 Å². The van der Waals surface area contributed by atoms with Crippen molar-refractivity contribution in [3.63, 3.8) is 0 Å². The van der Waals surface area contributed by atoms with Gasteiger partial charge in [-0.15, -0.1) is 0 Å². The summed E-state index contributed by atoms with van der Waals surface area (Å²) in [5.41, 5.74) is 0.395. The van der Waals surface area contributed by atoms with Crippen LogP contribution < -0.4 is 9.47 Å². The summed E-state index contributed by atoms with van der Waals surface area (Å²) in [7, 11) is 2.94. The summed E-state index contributed by atoms with van der Waals surface area (Å²) in [6.45, 7) is 0.883. The summed E-state index contributed by atoms with van der Waals surface area (Å²) >= 11 is 6.07. The van der Waals surface area contributed by atoms with Crippen molar-refractivity contribution in [1.82, 2.24) is 4.90 Å². The van der Waals surface area contributed by atoms with Crippen LogP contribution in [0.2, 0.25) is 5.02 Å². The molecule has 0 radical (unpaired) electrons. The Kier molecular flexibility index (Phi) is 4.57. The fourth-order valence-electron chi connectivity index (χ4n) is 2.34. The summed E-state index contributed by atoms with van der Waals surface area (Å²) in [5, 5.41) is 9.00. The zero-order valence-corrected chi connectivity index (χ0v) is 12.5. The lowest BCUT2D eigenvalue weighted by atomic mass is 9.95. The maximum absolute atomic E-state index is 12.3. The van der Waals surface area contributed by atoms with Crippen molar-refractivity contribution in [2.24, 2.45) is 5.92 Å². The molecule has 0 saturated carbocycles. The maximum atomic E-state index is 12.3. The van der Waals surface area contributed by atoms with E-state index in [0.29, 0.717) is 35.2 Å². The van der Waals surface area contributed by atoms with Crippen LogP contribution in [0.15, 0.2) is 12.1 Å². The number of benzene rings is 1. The van der Waals surface area contributed by atoms with Gasteiger partial charge in [-0.05, 0) is 12.1 Å². The molecule has 0 bridgehead atoms. The highest BCUT2D eigenvalue weighted by molar-refractivity contribution is 6.32. The minimum atomic E-state index is -0.846. The van der Waals surface area contributed by atoms with Crippen LogP contribution in [0, 0.1) is 5.92 Å². The number of amides is 1. The number of methoxy groups -OCH3 is 2. The third-order valence-electron chi connectivity index (χ3n) is 3.39. The van der Waals surface area contributed by atoms with Gasteiger partial charge in [-0.3, -0.25) is 9.59 Å². The molecule has 0 aromatic heterocycles. The molecule has 7 heteroatoms. The van der Waals surface area contributed by atoms with E-state index in [2.05, 4.69) is 0 Å². The molecule has 0 aliphatic carbocycles. The van der Waals surface area contributed by atoms with Crippen molar-refractivity contribution in [3.8, 4) is 11.5 Å².